The van der Waals surface area contributed by atoms with Crippen LogP contribution in [0.2, 0.25) is 0 Å². The summed E-state index contributed by atoms with van der Waals surface area (Å²) < 4.78 is 12.4. The molecule has 0 saturated carbocycles. The van der Waals surface area contributed by atoms with E-state index >= 15 is 0 Å². The number of thioether (sulfide) groups is 1. The number of nitrogens with one attached hydrogen (secondary N) is 1. The first-order valence-electron chi connectivity index (χ1n) is 9.26. The van der Waals surface area contributed by atoms with E-state index in [1.54, 1.807) is 11.8 Å². The van der Waals surface area contributed by atoms with E-state index in [0.717, 1.165) is 40.9 Å². The Hall–Kier alpha value is -1.91. The molecule has 9 nitrogen and oxygen atoms in total. The number of carbonyl (C=O) groups excluding carboxylic acids is 1. The molecule has 148 valence electrons. The molecule has 2 aromatic heterocycles. The molecule has 1 saturated heterocycles. The molecule has 0 aromatic carbocycles. The third-order valence-corrected chi connectivity index (χ3v) is 4.85. The zero-order valence-electron chi connectivity index (χ0n) is 15.8. The van der Waals surface area contributed by atoms with Gasteiger partial charge < -0.3 is 19.7 Å². The molecule has 27 heavy (non-hydrogen) atoms. The van der Waals surface area contributed by atoms with E-state index in [0.29, 0.717) is 32.9 Å². The van der Waals surface area contributed by atoms with Gasteiger partial charge in [-0.05, 0) is 12.7 Å². The molecule has 0 bridgehead atoms. The predicted molar refractivity (Wildman–Crippen MR) is 104 cm³/mol. The standard InChI is InChI=1S/C17H26N6O3S/c1-3-25-12-14(24)18-5-6-23-16-13(11-19-23)15(20-17(21-16)27-4-2)22-7-9-26-10-8-22/h11H,3-10,12H2,1-2H3,(H,18,24). The highest BCUT2D eigenvalue weighted by Gasteiger charge is 2.20. The van der Waals surface area contributed by atoms with Gasteiger partial charge in [0.25, 0.3) is 0 Å². The number of hydrogen-bond acceptors (Lipinski definition) is 8. The van der Waals surface area contributed by atoms with Gasteiger partial charge in [-0.3, -0.25) is 4.79 Å². The zero-order valence-corrected chi connectivity index (χ0v) is 16.6. The third kappa shape index (κ3) is 5.08. The lowest BCUT2D eigenvalue weighted by atomic mass is 10.3. The molecule has 0 radical (unpaired) electrons. The minimum atomic E-state index is -0.126. The molecule has 1 fully saturated rings. The molecule has 0 spiro atoms. The van der Waals surface area contributed by atoms with E-state index in [2.05, 4.69) is 27.2 Å². The summed E-state index contributed by atoms with van der Waals surface area (Å²) in [6, 6.07) is 0. The largest absolute Gasteiger partial charge is 0.378 e. The van der Waals surface area contributed by atoms with Crippen LogP contribution in [0.15, 0.2) is 11.4 Å². The Labute approximate surface area is 162 Å². The monoisotopic (exact) mass is 394 g/mol. The average Bonchev–Trinajstić information content (AvgIpc) is 3.10. The fourth-order valence-corrected chi connectivity index (χ4v) is 3.40. The Bertz CT molecular complexity index is 762. The van der Waals surface area contributed by atoms with Gasteiger partial charge in [0.1, 0.15) is 12.4 Å². The maximum Gasteiger partial charge on any atom is 0.246 e. The lowest BCUT2D eigenvalue weighted by Crippen LogP contribution is -2.37. The first kappa shape index (κ1) is 19.8. The Morgan fingerprint density at radius 2 is 2.15 bits per heavy atom. The normalized spacial score (nSPS) is 14.7. The van der Waals surface area contributed by atoms with E-state index in [1.165, 1.54) is 0 Å². The number of morpholine rings is 1. The van der Waals surface area contributed by atoms with Gasteiger partial charge >= 0.3 is 0 Å². The van der Waals surface area contributed by atoms with E-state index in [9.17, 15) is 4.79 Å². The first-order chi connectivity index (χ1) is 13.2. The topological polar surface area (TPSA) is 94.4 Å². The molecule has 10 heteroatoms. The Kier molecular flexibility index (Phi) is 7.25. The van der Waals surface area contributed by atoms with E-state index in [-0.39, 0.29) is 12.5 Å². The molecule has 1 amide bonds. The van der Waals surface area contributed by atoms with Crippen molar-refractivity contribution in [2.75, 3.05) is 56.7 Å². The van der Waals surface area contributed by atoms with Crippen LogP contribution in [-0.2, 0) is 20.8 Å². The zero-order chi connectivity index (χ0) is 19.1. The van der Waals surface area contributed by atoms with Crippen molar-refractivity contribution in [2.45, 2.75) is 25.5 Å². The van der Waals surface area contributed by atoms with Crippen LogP contribution < -0.4 is 10.2 Å². The minimum absolute atomic E-state index is 0.0803. The number of hydrogen-bond donors (Lipinski definition) is 1. The van der Waals surface area contributed by atoms with Gasteiger partial charge in [-0.1, -0.05) is 18.7 Å². The summed E-state index contributed by atoms with van der Waals surface area (Å²) in [5.41, 5.74) is 0.793. The molecule has 1 aliphatic heterocycles. The summed E-state index contributed by atoms with van der Waals surface area (Å²) in [6.07, 6.45) is 1.81. The molecule has 3 heterocycles. The number of ether oxygens (including phenoxy) is 2. The van der Waals surface area contributed by atoms with Crippen LogP contribution in [0.5, 0.6) is 0 Å². The fourth-order valence-electron chi connectivity index (χ4n) is 2.84. The van der Waals surface area contributed by atoms with Gasteiger partial charge in [-0.25, -0.2) is 14.6 Å². The van der Waals surface area contributed by atoms with E-state index < -0.39 is 0 Å². The third-order valence-electron chi connectivity index (χ3n) is 4.12. The van der Waals surface area contributed by atoms with Crippen LogP contribution >= 0.6 is 11.8 Å². The van der Waals surface area contributed by atoms with E-state index in [4.69, 9.17) is 14.5 Å². The van der Waals surface area contributed by atoms with Crippen molar-refractivity contribution in [1.82, 2.24) is 25.1 Å². The fraction of sp³-hybridized carbons (Fsp3) is 0.647. The molecule has 3 rings (SSSR count). The highest BCUT2D eigenvalue weighted by molar-refractivity contribution is 7.99. The number of anilines is 1. The van der Waals surface area contributed by atoms with Crippen LogP contribution in [0.1, 0.15) is 13.8 Å². The molecule has 0 unspecified atom stereocenters. The van der Waals surface area contributed by atoms with Gasteiger partial charge in [0.2, 0.25) is 5.91 Å². The average molecular weight is 395 g/mol. The molecule has 1 N–H and O–H groups in total. The molecule has 0 aliphatic carbocycles. The van der Waals surface area contributed by atoms with Crippen LogP contribution in [-0.4, -0.2) is 77.5 Å². The van der Waals surface area contributed by atoms with Crippen LogP contribution in [0.25, 0.3) is 11.0 Å². The van der Waals surface area contributed by atoms with Crippen molar-refractivity contribution in [1.29, 1.82) is 0 Å². The van der Waals surface area contributed by atoms with Crippen molar-refractivity contribution in [3.05, 3.63) is 6.20 Å². The number of amides is 1. The van der Waals surface area contributed by atoms with Gasteiger partial charge in [-0.15, -0.1) is 0 Å². The molecule has 1 aliphatic rings. The quantitative estimate of drug-likeness (QED) is 0.496. The number of aromatic nitrogens is 4. The lowest BCUT2D eigenvalue weighted by Gasteiger charge is -2.28. The van der Waals surface area contributed by atoms with Crippen molar-refractivity contribution < 1.29 is 14.3 Å². The van der Waals surface area contributed by atoms with Gasteiger partial charge in [0.15, 0.2) is 10.8 Å². The van der Waals surface area contributed by atoms with Crippen LogP contribution in [0.3, 0.4) is 0 Å². The van der Waals surface area contributed by atoms with Crippen molar-refractivity contribution in [2.24, 2.45) is 0 Å². The van der Waals surface area contributed by atoms with Crippen molar-refractivity contribution in [3.63, 3.8) is 0 Å². The highest BCUT2D eigenvalue weighted by atomic mass is 32.2. The molecule has 2 aromatic rings. The molecular weight excluding hydrogens is 368 g/mol. The maximum absolute atomic E-state index is 11.7. The summed E-state index contributed by atoms with van der Waals surface area (Å²) >= 11 is 1.61. The number of rotatable bonds is 9. The summed E-state index contributed by atoms with van der Waals surface area (Å²) in [7, 11) is 0. The maximum atomic E-state index is 11.7. The highest BCUT2D eigenvalue weighted by Crippen LogP contribution is 2.27. The lowest BCUT2D eigenvalue weighted by molar-refractivity contribution is -0.125. The van der Waals surface area contributed by atoms with Crippen LogP contribution in [0.4, 0.5) is 5.82 Å². The number of carbonyl (C=O) groups is 1. The van der Waals surface area contributed by atoms with Gasteiger partial charge in [0.05, 0.1) is 31.3 Å². The van der Waals surface area contributed by atoms with Crippen molar-refractivity contribution >= 4 is 34.5 Å². The number of nitrogens with zero attached hydrogens (tertiary/aromatic N) is 5. The Morgan fingerprint density at radius 3 is 2.89 bits per heavy atom. The summed E-state index contributed by atoms with van der Waals surface area (Å²) in [5.74, 6) is 1.68. The predicted octanol–water partition coefficient (Wildman–Crippen LogP) is 0.928. The second-order valence-electron chi connectivity index (χ2n) is 5.95. The van der Waals surface area contributed by atoms with E-state index in [1.807, 2.05) is 17.8 Å². The minimum Gasteiger partial charge on any atom is -0.378 e. The van der Waals surface area contributed by atoms with Gasteiger partial charge in [-0.2, -0.15) is 5.10 Å². The second kappa shape index (κ2) is 9.86. The SMILES string of the molecule is CCOCC(=O)NCCn1ncc2c(N3CCOCC3)nc(SCC)nc21. The van der Waals surface area contributed by atoms with Crippen LogP contribution in [0, 0.1) is 0 Å². The second-order valence-corrected chi connectivity index (χ2v) is 7.19. The smallest absolute Gasteiger partial charge is 0.246 e. The molecule has 0 atom stereocenters. The number of fused-ring (bicyclic) bond motifs is 1. The summed E-state index contributed by atoms with van der Waals surface area (Å²) in [5, 5.41) is 8.99. The summed E-state index contributed by atoms with van der Waals surface area (Å²) in [4.78, 5) is 23.3. The Morgan fingerprint density at radius 1 is 1.33 bits per heavy atom. The summed E-state index contributed by atoms with van der Waals surface area (Å²) in [6.45, 7) is 8.56. The Balaban J connectivity index is 1.78. The first-order valence-corrected chi connectivity index (χ1v) is 10.2. The molecular formula is C17H26N6O3S. The van der Waals surface area contributed by atoms with Crippen molar-refractivity contribution in [3.8, 4) is 0 Å². The van der Waals surface area contributed by atoms with Gasteiger partial charge in [0, 0.05) is 26.2 Å².